The Balaban J connectivity index is 1.76. The van der Waals surface area contributed by atoms with Gasteiger partial charge in [0.1, 0.15) is 35.2 Å². The van der Waals surface area contributed by atoms with Crippen molar-refractivity contribution in [3.63, 3.8) is 0 Å². The minimum atomic E-state index is -0.743. The maximum absolute atomic E-state index is 15.3. The van der Waals surface area contributed by atoms with Crippen molar-refractivity contribution >= 4 is 11.7 Å². The minimum Gasteiger partial charge on any atom is -0.490 e. The Bertz CT molecular complexity index is 1240. The van der Waals surface area contributed by atoms with Crippen LogP contribution < -0.4 is 15.7 Å². The molecular formula is C23H27FN6O3. The van der Waals surface area contributed by atoms with E-state index in [1.54, 1.807) is 17.7 Å². The van der Waals surface area contributed by atoms with Gasteiger partial charge in [-0.1, -0.05) is 13.3 Å². The van der Waals surface area contributed by atoms with Crippen molar-refractivity contribution in [2.24, 2.45) is 0 Å². The number of benzene rings is 1. The van der Waals surface area contributed by atoms with Crippen LogP contribution in [0, 0.1) is 12.7 Å². The highest BCUT2D eigenvalue weighted by Crippen LogP contribution is 2.28. The van der Waals surface area contributed by atoms with E-state index in [2.05, 4.69) is 20.4 Å². The van der Waals surface area contributed by atoms with Gasteiger partial charge < -0.3 is 10.1 Å². The van der Waals surface area contributed by atoms with Gasteiger partial charge in [0.2, 0.25) is 0 Å². The number of hydrogen-bond donors (Lipinski definition) is 1. The molecule has 9 nitrogen and oxygen atoms in total. The van der Waals surface area contributed by atoms with Crippen LogP contribution >= 0.6 is 0 Å². The average Bonchev–Trinajstić information content (AvgIpc) is 3.13. The number of hydrogen-bond acceptors (Lipinski definition) is 6. The van der Waals surface area contributed by atoms with E-state index in [9.17, 15) is 9.59 Å². The molecule has 0 aliphatic carbocycles. The van der Waals surface area contributed by atoms with Gasteiger partial charge in [-0.15, -0.1) is 5.10 Å². The first-order valence-electron chi connectivity index (χ1n) is 11.2. The summed E-state index contributed by atoms with van der Waals surface area (Å²) in [7, 11) is 0. The van der Waals surface area contributed by atoms with E-state index in [0.29, 0.717) is 30.2 Å². The fourth-order valence-corrected chi connectivity index (χ4v) is 3.92. The lowest BCUT2D eigenvalue weighted by molar-refractivity contribution is 0.101. The summed E-state index contributed by atoms with van der Waals surface area (Å²) in [6, 6.07) is 2.46. The van der Waals surface area contributed by atoms with Crippen molar-refractivity contribution in [2.75, 3.05) is 5.32 Å². The molecule has 0 radical (unpaired) electrons. The third-order valence-corrected chi connectivity index (χ3v) is 5.64. The molecule has 3 heterocycles. The number of carbonyl (C=O) groups excluding carboxylic acids is 1. The average molecular weight is 455 g/mol. The Morgan fingerprint density at radius 2 is 2.15 bits per heavy atom. The summed E-state index contributed by atoms with van der Waals surface area (Å²) in [6.45, 7) is 6.22. The van der Waals surface area contributed by atoms with Crippen LogP contribution in [-0.4, -0.2) is 36.3 Å². The van der Waals surface area contributed by atoms with E-state index in [-0.39, 0.29) is 23.1 Å². The molecule has 1 atom stereocenters. The Kier molecular flexibility index (Phi) is 6.52. The fourth-order valence-electron chi connectivity index (χ4n) is 3.92. The summed E-state index contributed by atoms with van der Waals surface area (Å²) < 4.78 is 23.9. The molecule has 1 N–H and O–H groups in total. The van der Waals surface area contributed by atoms with Gasteiger partial charge in [0.15, 0.2) is 0 Å². The number of nitrogens with one attached hydrogen (secondary N) is 1. The molecule has 0 bridgehead atoms. The molecule has 4 rings (SSSR count). The molecule has 0 saturated heterocycles. The Morgan fingerprint density at radius 3 is 2.88 bits per heavy atom. The lowest BCUT2D eigenvalue weighted by atomic mass is 10.1. The number of ether oxygens (including phenoxy) is 1. The molecule has 0 spiro atoms. The number of aryl methyl sites for hydroxylation is 2. The van der Waals surface area contributed by atoms with Crippen LogP contribution in [0.1, 0.15) is 61.3 Å². The quantitative estimate of drug-likeness (QED) is 0.587. The molecule has 0 unspecified atom stereocenters. The molecular weight excluding hydrogens is 427 g/mol. The van der Waals surface area contributed by atoms with Crippen molar-refractivity contribution in [3.05, 3.63) is 57.9 Å². The van der Waals surface area contributed by atoms with Crippen molar-refractivity contribution in [1.29, 1.82) is 0 Å². The maximum Gasteiger partial charge on any atom is 0.350 e. The Labute approximate surface area is 190 Å². The molecule has 2 aromatic heterocycles. The summed E-state index contributed by atoms with van der Waals surface area (Å²) in [5.74, 6) is -0.182. The largest absolute Gasteiger partial charge is 0.490 e. The summed E-state index contributed by atoms with van der Waals surface area (Å²) in [6.07, 6.45) is 6.78. The number of anilines is 1. The SMILES string of the molecule is CCC[C@H](C)Oc1cc(-n2nc3n(c2=O)CCCC3)c(F)cc1C(=O)Nc1ncncc1C. The molecule has 0 fully saturated rings. The maximum atomic E-state index is 15.3. The number of amides is 1. The first-order valence-corrected chi connectivity index (χ1v) is 11.2. The monoisotopic (exact) mass is 454 g/mol. The van der Waals surface area contributed by atoms with Gasteiger partial charge in [-0.25, -0.2) is 19.2 Å². The number of rotatable bonds is 7. The van der Waals surface area contributed by atoms with E-state index >= 15 is 4.39 Å². The van der Waals surface area contributed by atoms with E-state index in [0.717, 1.165) is 36.4 Å². The van der Waals surface area contributed by atoms with E-state index in [1.165, 1.54) is 12.4 Å². The van der Waals surface area contributed by atoms with Gasteiger partial charge in [-0.2, -0.15) is 4.68 Å². The van der Waals surface area contributed by atoms with Crippen LogP contribution in [0.3, 0.4) is 0 Å². The zero-order valence-corrected chi connectivity index (χ0v) is 19.0. The lowest BCUT2D eigenvalue weighted by Crippen LogP contribution is -2.27. The normalized spacial score (nSPS) is 13.9. The Morgan fingerprint density at radius 1 is 1.33 bits per heavy atom. The predicted octanol–water partition coefficient (Wildman–Crippen LogP) is 3.43. The summed E-state index contributed by atoms with van der Waals surface area (Å²) in [5, 5.41) is 7.03. The van der Waals surface area contributed by atoms with E-state index in [1.807, 2.05) is 13.8 Å². The van der Waals surface area contributed by atoms with Gasteiger partial charge in [-0.05, 0) is 39.2 Å². The van der Waals surface area contributed by atoms with Crippen LogP contribution in [-0.2, 0) is 13.0 Å². The number of halogens is 1. The van der Waals surface area contributed by atoms with Gasteiger partial charge in [-0.3, -0.25) is 9.36 Å². The van der Waals surface area contributed by atoms with Crippen molar-refractivity contribution < 1.29 is 13.9 Å². The molecule has 1 aliphatic heterocycles. The van der Waals surface area contributed by atoms with Gasteiger partial charge in [0.05, 0.1) is 11.7 Å². The lowest BCUT2D eigenvalue weighted by Gasteiger charge is -2.18. The second-order valence-corrected chi connectivity index (χ2v) is 8.24. The summed E-state index contributed by atoms with van der Waals surface area (Å²) >= 11 is 0. The number of carbonyl (C=O) groups is 1. The highest BCUT2D eigenvalue weighted by Gasteiger charge is 2.24. The third-order valence-electron chi connectivity index (χ3n) is 5.64. The van der Waals surface area contributed by atoms with Crippen molar-refractivity contribution in [3.8, 4) is 11.4 Å². The molecule has 0 saturated carbocycles. The molecule has 10 heteroatoms. The van der Waals surface area contributed by atoms with Gasteiger partial charge in [0, 0.05) is 30.8 Å². The number of aromatic nitrogens is 5. The summed E-state index contributed by atoms with van der Waals surface area (Å²) in [5.41, 5.74) is 0.231. The zero-order chi connectivity index (χ0) is 23.5. The van der Waals surface area contributed by atoms with E-state index in [4.69, 9.17) is 4.74 Å². The second kappa shape index (κ2) is 9.51. The fraction of sp³-hybridized carbons (Fsp3) is 0.435. The predicted molar refractivity (Wildman–Crippen MR) is 120 cm³/mol. The third kappa shape index (κ3) is 4.64. The van der Waals surface area contributed by atoms with Crippen LogP contribution in [0.4, 0.5) is 10.2 Å². The van der Waals surface area contributed by atoms with Crippen LogP contribution in [0.5, 0.6) is 5.75 Å². The molecule has 1 aromatic carbocycles. The van der Waals surface area contributed by atoms with Crippen molar-refractivity contribution in [1.82, 2.24) is 24.3 Å². The zero-order valence-electron chi connectivity index (χ0n) is 19.0. The second-order valence-electron chi connectivity index (χ2n) is 8.24. The smallest absolute Gasteiger partial charge is 0.350 e. The van der Waals surface area contributed by atoms with Gasteiger partial charge >= 0.3 is 5.69 Å². The highest BCUT2D eigenvalue weighted by molar-refractivity contribution is 6.06. The standard InChI is InChI=1S/C23H27FN6O3/c1-4-7-15(3)33-19-11-18(30-23(32)29-9-6-5-8-20(29)28-30)17(24)10-16(19)22(31)27-21-14(2)12-25-13-26-21/h10-13,15H,4-9H2,1-3H3,(H,25,26,27,31)/t15-/m0/s1. The highest BCUT2D eigenvalue weighted by atomic mass is 19.1. The van der Waals surface area contributed by atoms with E-state index < -0.39 is 17.4 Å². The van der Waals surface area contributed by atoms with Crippen LogP contribution in [0.25, 0.3) is 5.69 Å². The molecule has 174 valence electrons. The number of nitrogens with zero attached hydrogens (tertiary/aromatic N) is 5. The number of fused-ring (bicyclic) bond motifs is 1. The summed E-state index contributed by atoms with van der Waals surface area (Å²) in [4.78, 5) is 33.9. The van der Waals surface area contributed by atoms with Gasteiger partial charge in [0.25, 0.3) is 5.91 Å². The molecule has 33 heavy (non-hydrogen) atoms. The first kappa shape index (κ1) is 22.6. The Hall–Kier alpha value is -3.56. The molecule has 3 aromatic rings. The van der Waals surface area contributed by atoms with Crippen LogP contribution in [0.15, 0.2) is 29.5 Å². The topological polar surface area (TPSA) is 104 Å². The van der Waals surface area contributed by atoms with Crippen molar-refractivity contribution in [2.45, 2.75) is 65.5 Å². The molecule has 1 amide bonds. The minimum absolute atomic E-state index is 0.00855. The van der Waals surface area contributed by atoms with Crippen LogP contribution in [0.2, 0.25) is 0 Å². The molecule has 1 aliphatic rings. The first-order chi connectivity index (χ1) is 15.9.